The van der Waals surface area contributed by atoms with Crippen LogP contribution in [0.3, 0.4) is 0 Å². The molecule has 1 aromatic heterocycles. The third-order valence-electron chi connectivity index (χ3n) is 2.01. The Labute approximate surface area is 89.0 Å². The highest BCUT2D eigenvalue weighted by atomic mass is 35.5. The number of nitrogens with zero attached hydrogens (tertiary/aromatic N) is 2. The van der Waals surface area contributed by atoms with Crippen LogP contribution in [0.2, 0.25) is 0 Å². The Hall–Kier alpha value is -1.30. The number of hydrogen-bond acceptors (Lipinski definition) is 3. The van der Waals surface area contributed by atoms with Crippen LogP contribution in [0, 0.1) is 17.0 Å². The summed E-state index contributed by atoms with van der Waals surface area (Å²) in [6.07, 6.45) is -1.94. The molecule has 0 N–H and O–H groups in total. The molecule has 7 heteroatoms. The lowest BCUT2D eigenvalue weighted by Gasteiger charge is -2.07. The van der Waals surface area contributed by atoms with Crippen LogP contribution in [0.4, 0.5) is 14.5 Å². The molecule has 0 bridgehead atoms. The minimum absolute atomic E-state index is 0.0780. The molecule has 0 aliphatic heterocycles. The molecule has 82 valence electrons. The molecule has 0 amide bonds. The first kappa shape index (κ1) is 11.8. The molecule has 0 saturated heterocycles. The van der Waals surface area contributed by atoms with Crippen LogP contribution in [0.25, 0.3) is 0 Å². The monoisotopic (exact) mass is 236 g/mol. The molecule has 1 rings (SSSR count). The lowest BCUT2D eigenvalue weighted by Crippen LogP contribution is -2.03. The van der Waals surface area contributed by atoms with E-state index in [0.29, 0.717) is 0 Å². The van der Waals surface area contributed by atoms with E-state index in [9.17, 15) is 18.9 Å². The summed E-state index contributed by atoms with van der Waals surface area (Å²) in [6.45, 7) is 1.35. The number of hydrogen-bond donors (Lipinski definition) is 0. The van der Waals surface area contributed by atoms with Gasteiger partial charge in [0.2, 0.25) is 0 Å². The summed E-state index contributed by atoms with van der Waals surface area (Å²) in [5.74, 6) is -0.190. The Morgan fingerprint density at radius 1 is 1.67 bits per heavy atom. The Morgan fingerprint density at radius 2 is 2.27 bits per heavy atom. The summed E-state index contributed by atoms with van der Waals surface area (Å²) in [5.41, 5.74) is -0.621. The molecule has 15 heavy (non-hydrogen) atoms. The van der Waals surface area contributed by atoms with Gasteiger partial charge in [0, 0.05) is 0 Å². The lowest BCUT2D eigenvalue weighted by molar-refractivity contribution is -0.385. The third-order valence-corrected chi connectivity index (χ3v) is 2.28. The van der Waals surface area contributed by atoms with E-state index in [0.717, 1.165) is 6.20 Å². The molecule has 4 nitrogen and oxygen atoms in total. The van der Waals surface area contributed by atoms with Crippen LogP contribution in [0.1, 0.15) is 23.2 Å². The van der Waals surface area contributed by atoms with Crippen LogP contribution in [-0.4, -0.2) is 9.91 Å². The molecule has 0 fully saturated rings. The lowest BCUT2D eigenvalue weighted by atomic mass is 10.1. The quantitative estimate of drug-likeness (QED) is 0.461. The second-order valence-corrected chi connectivity index (χ2v) is 3.09. The zero-order chi connectivity index (χ0) is 11.6. The van der Waals surface area contributed by atoms with Crippen molar-refractivity contribution in [2.45, 2.75) is 19.2 Å². The summed E-state index contributed by atoms with van der Waals surface area (Å²) >= 11 is 5.48. The van der Waals surface area contributed by atoms with Gasteiger partial charge in [0.05, 0.1) is 16.4 Å². The smallest absolute Gasteiger partial charge is 0.258 e. The summed E-state index contributed by atoms with van der Waals surface area (Å²) in [4.78, 5) is 13.2. The second-order valence-electron chi connectivity index (χ2n) is 2.82. The fraction of sp³-hybridized carbons (Fsp3) is 0.375. The van der Waals surface area contributed by atoms with Gasteiger partial charge in [0.15, 0.2) is 0 Å². The third kappa shape index (κ3) is 2.20. The molecular formula is C8H7ClF2N2O2. The van der Waals surface area contributed by atoms with Gasteiger partial charge in [-0.05, 0) is 12.5 Å². The Kier molecular flexibility index (Phi) is 3.52. The second kappa shape index (κ2) is 4.48. The van der Waals surface area contributed by atoms with Crippen molar-refractivity contribution < 1.29 is 13.7 Å². The van der Waals surface area contributed by atoms with Crippen molar-refractivity contribution in [2.24, 2.45) is 0 Å². The van der Waals surface area contributed by atoms with E-state index < -0.39 is 17.0 Å². The molecule has 1 aromatic rings. The van der Waals surface area contributed by atoms with E-state index in [1.54, 1.807) is 0 Å². The summed E-state index contributed by atoms with van der Waals surface area (Å²) < 4.78 is 24.8. The first-order valence-electron chi connectivity index (χ1n) is 3.96. The highest BCUT2D eigenvalue weighted by Crippen LogP contribution is 2.29. The molecule has 0 aliphatic rings. The molecule has 0 radical (unpaired) electrons. The molecule has 0 aliphatic carbocycles. The Bertz CT molecular complexity index is 398. The van der Waals surface area contributed by atoms with Crippen LogP contribution < -0.4 is 0 Å². The first-order chi connectivity index (χ1) is 6.99. The Morgan fingerprint density at radius 3 is 2.67 bits per heavy atom. The van der Waals surface area contributed by atoms with Crippen molar-refractivity contribution in [3.05, 3.63) is 33.1 Å². The number of halogens is 3. The van der Waals surface area contributed by atoms with Gasteiger partial charge in [-0.25, -0.2) is 13.8 Å². The number of alkyl halides is 3. The van der Waals surface area contributed by atoms with E-state index in [2.05, 4.69) is 4.98 Å². The molecule has 1 heterocycles. The van der Waals surface area contributed by atoms with Gasteiger partial charge in [-0.1, -0.05) is 0 Å². The maximum atomic E-state index is 12.4. The average molecular weight is 237 g/mol. The fourth-order valence-corrected chi connectivity index (χ4v) is 1.54. The largest absolute Gasteiger partial charge is 0.292 e. The van der Waals surface area contributed by atoms with Crippen molar-refractivity contribution in [1.29, 1.82) is 0 Å². The fourth-order valence-electron chi connectivity index (χ4n) is 1.20. The zero-order valence-electron chi connectivity index (χ0n) is 7.71. The first-order valence-corrected chi connectivity index (χ1v) is 4.49. The maximum absolute atomic E-state index is 12.4. The summed E-state index contributed by atoms with van der Waals surface area (Å²) in [5, 5.41) is 10.5. The van der Waals surface area contributed by atoms with Crippen molar-refractivity contribution in [2.75, 3.05) is 0 Å². The molecular weight excluding hydrogens is 230 g/mol. The van der Waals surface area contributed by atoms with Gasteiger partial charge in [-0.3, -0.25) is 10.1 Å². The van der Waals surface area contributed by atoms with Gasteiger partial charge < -0.3 is 0 Å². The van der Waals surface area contributed by atoms with Gasteiger partial charge >= 0.3 is 0 Å². The van der Waals surface area contributed by atoms with Crippen molar-refractivity contribution in [3.63, 3.8) is 0 Å². The van der Waals surface area contributed by atoms with E-state index in [-0.39, 0.29) is 22.7 Å². The number of pyridine rings is 1. The SMILES string of the molecule is Cc1c(C(F)F)ncc([N+](=O)[O-])c1CCl. The maximum Gasteiger partial charge on any atom is 0.292 e. The van der Waals surface area contributed by atoms with Gasteiger partial charge in [0.1, 0.15) is 11.9 Å². The van der Waals surface area contributed by atoms with Crippen molar-refractivity contribution in [1.82, 2.24) is 4.98 Å². The van der Waals surface area contributed by atoms with Crippen molar-refractivity contribution in [3.8, 4) is 0 Å². The zero-order valence-corrected chi connectivity index (χ0v) is 8.46. The van der Waals surface area contributed by atoms with Crippen molar-refractivity contribution >= 4 is 17.3 Å². The van der Waals surface area contributed by atoms with Crippen LogP contribution in [-0.2, 0) is 5.88 Å². The topological polar surface area (TPSA) is 56.0 Å². The van der Waals surface area contributed by atoms with Crippen LogP contribution in [0.15, 0.2) is 6.20 Å². The highest BCUT2D eigenvalue weighted by molar-refractivity contribution is 6.17. The number of aromatic nitrogens is 1. The molecule has 0 atom stereocenters. The van der Waals surface area contributed by atoms with E-state index in [1.807, 2.05) is 0 Å². The normalized spacial score (nSPS) is 10.7. The predicted octanol–water partition coefficient (Wildman–Crippen LogP) is 2.97. The molecule has 0 saturated carbocycles. The molecule has 0 aromatic carbocycles. The molecule has 0 unspecified atom stereocenters. The summed E-state index contributed by atoms with van der Waals surface area (Å²) in [6, 6.07) is 0. The minimum atomic E-state index is -2.76. The minimum Gasteiger partial charge on any atom is -0.258 e. The van der Waals surface area contributed by atoms with E-state index in [4.69, 9.17) is 11.6 Å². The van der Waals surface area contributed by atoms with Gasteiger partial charge in [-0.2, -0.15) is 0 Å². The van der Waals surface area contributed by atoms with E-state index >= 15 is 0 Å². The number of nitro groups is 1. The predicted molar refractivity (Wildman–Crippen MR) is 50.1 cm³/mol. The highest BCUT2D eigenvalue weighted by Gasteiger charge is 2.22. The standard InChI is InChI=1S/C8H7ClF2N2O2/c1-4-5(2-9)6(13(14)15)3-12-7(4)8(10)11/h3,8H,2H2,1H3. The van der Waals surface area contributed by atoms with Gasteiger partial charge in [-0.15, -0.1) is 11.6 Å². The van der Waals surface area contributed by atoms with E-state index in [1.165, 1.54) is 6.92 Å². The Balaban J connectivity index is 3.39. The summed E-state index contributed by atoms with van der Waals surface area (Å²) in [7, 11) is 0. The van der Waals surface area contributed by atoms with Gasteiger partial charge in [0.25, 0.3) is 12.1 Å². The van der Waals surface area contributed by atoms with Crippen LogP contribution in [0.5, 0.6) is 0 Å². The average Bonchev–Trinajstić information content (AvgIpc) is 2.16. The molecule has 0 spiro atoms. The van der Waals surface area contributed by atoms with Crippen LogP contribution >= 0.6 is 11.6 Å². The number of rotatable bonds is 3.